The second kappa shape index (κ2) is 10.7. The minimum atomic E-state index is -0.198. The van der Waals surface area contributed by atoms with E-state index in [2.05, 4.69) is 46.5 Å². The molecule has 2 aromatic heterocycles. The summed E-state index contributed by atoms with van der Waals surface area (Å²) in [5.41, 5.74) is 1.54. The zero-order chi connectivity index (χ0) is 24.1. The second-order valence-electron chi connectivity index (χ2n) is 8.12. The highest BCUT2D eigenvalue weighted by atomic mass is 32.1. The zero-order valence-corrected chi connectivity index (χ0v) is 20.6. The van der Waals surface area contributed by atoms with Crippen LogP contribution in [0, 0.1) is 0 Å². The third kappa shape index (κ3) is 5.40. The summed E-state index contributed by atoms with van der Waals surface area (Å²) in [6.07, 6.45) is 0.913. The number of methoxy groups -OCH3 is 3. The molecule has 1 atom stereocenters. The van der Waals surface area contributed by atoms with Crippen molar-refractivity contribution in [1.29, 1.82) is 0 Å². The molecule has 34 heavy (non-hydrogen) atoms. The van der Waals surface area contributed by atoms with Crippen molar-refractivity contribution in [3.63, 3.8) is 0 Å². The summed E-state index contributed by atoms with van der Waals surface area (Å²) >= 11 is 1.76. The van der Waals surface area contributed by atoms with Gasteiger partial charge in [-0.2, -0.15) is 0 Å². The van der Waals surface area contributed by atoms with Crippen LogP contribution in [0.25, 0.3) is 10.9 Å². The van der Waals surface area contributed by atoms with Gasteiger partial charge in [0.1, 0.15) is 11.6 Å². The maximum Gasteiger partial charge on any atom is 0.258 e. The minimum Gasteiger partial charge on any atom is -0.497 e. The van der Waals surface area contributed by atoms with E-state index in [1.165, 1.54) is 4.88 Å². The van der Waals surface area contributed by atoms with E-state index in [9.17, 15) is 4.79 Å². The van der Waals surface area contributed by atoms with Crippen molar-refractivity contribution < 1.29 is 14.2 Å². The Balaban J connectivity index is 1.65. The van der Waals surface area contributed by atoms with E-state index in [-0.39, 0.29) is 11.6 Å². The molecule has 0 amide bonds. The van der Waals surface area contributed by atoms with Gasteiger partial charge in [-0.15, -0.1) is 11.3 Å². The van der Waals surface area contributed by atoms with Crippen LogP contribution in [0.2, 0.25) is 0 Å². The normalized spacial score (nSPS) is 12.1. The fourth-order valence-corrected chi connectivity index (χ4v) is 4.79. The number of hydrogen-bond donors (Lipinski definition) is 1. The van der Waals surface area contributed by atoms with Gasteiger partial charge < -0.3 is 19.2 Å². The van der Waals surface area contributed by atoms with Crippen LogP contribution in [-0.2, 0) is 19.5 Å². The quantitative estimate of drug-likeness (QED) is 0.357. The number of H-pyrrole nitrogens is 1. The first-order valence-corrected chi connectivity index (χ1v) is 11.9. The number of hydrogen-bond acceptors (Lipinski definition) is 7. The molecule has 0 spiro atoms. The third-order valence-corrected chi connectivity index (χ3v) is 6.76. The number of aromatic amines is 1. The maximum absolute atomic E-state index is 12.9. The SMILES string of the molecule is COc1ccc(CN(Cc2nc3cc(OC)c(OC)cc3c(=O)[nH]2)C(C)Cc2cccs2)cc1. The Morgan fingerprint density at radius 2 is 1.74 bits per heavy atom. The molecule has 4 rings (SSSR count). The van der Waals surface area contributed by atoms with Gasteiger partial charge in [-0.3, -0.25) is 9.69 Å². The zero-order valence-electron chi connectivity index (χ0n) is 19.8. The Bertz CT molecular complexity index is 1290. The van der Waals surface area contributed by atoms with Gasteiger partial charge in [-0.05, 0) is 48.6 Å². The molecule has 0 aliphatic rings. The van der Waals surface area contributed by atoms with Gasteiger partial charge in [0.05, 0.1) is 38.8 Å². The van der Waals surface area contributed by atoms with E-state index in [1.807, 2.05) is 12.1 Å². The molecule has 0 aliphatic carbocycles. The number of nitrogens with one attached hydrogen (secondary N) is 1. The van der Waals surface area contributed by atoms with Crippen LogP contribution in [0.1, 0.15) is 23.2 Å². The fourth-order valence-electron chi connectivity index (χ4n) is 3.96. The highest BCUT2D eigenvalue weighted by molar-refractivity contribution is 7.09. The van der Waals surface area contributed by atoms with Crippen molar-refractivity contribution in [1.82, 2.24) is 14.9 Å². The van der Waals surface area contributed by atoms with E-state index in [1.54, 1.807) is 44.8 Å². The van der Waals surface area contributed by atoms with Gasteiger partial charge >= 0.3 is 0 Å². The standard InChI is InChI=1S/C26H29N3O4S/c1-17(12-20-6-5-11-34-20)29(15-18-7-9-19(31-2)10-8-18)16-25-27-22-14-24(33-4)23(32-3)13-21(22)26(30)28-25/h5-11,13-14,17H,12,15-16H2,1-4H3,(H,27,28,30). The molecular formula is C26H29N3O4S. The number of thiophene rings is 1. The van der Waals surface area contributed by atoms with Gasteiger partial charge in [0.15, 0.2) is 11.5 Å². The van der Waals surface area contributed by atoms with Gasteiger partial charge in [-0.25, -0.2) is 4.98 Å². The smallest absolute Gasteiger partial charge is 0.258 e. The van der Waals surface area contributed by atoms with Crippen molar-refractivity contribution in [2.45, 2.75) is 32.5 Å². The average molecular weight is 480 g/mol. The monoisotopic (exact) mass is 479 g/mol. The maximum atomic E-state index is 12.9. The number of aromatic nitrogens is 2. The van der Waals surface area contributed by atoms with E-state index >= 15 is 0 Å². The highest BCUT2D eigenvalue weighted by Gasteiger charge is 2.19. The molecule has 0 radical (unpaired) electrons. The Morgan fingerprint density at radius 3 is 2.38 bits per heavy atom. The van der Waals surface area contributed by atoms with Crippen molar-refractivity contribution in [2.24, 2.45) is 0 Å². The molecular weight excluding hydrogens is 450 g/mol. The van der Waals surface area contributed by atoms with Crippen molar-refractivity contribution in [3.05, 3.63) is 80.5 Å². The highest BCUT2D eigenvalue weighted by Crippen LogP contribution is 2.30. The molecule has 8 heteroatoms. The third-order valence-electron chi connectivity index (χ3n) is 5.86. The average Bonchev–Trinajstić information content (AvgIpc) is 3.36. The summed E-state index contributed by atoms with van der Waals surface area (Å²) in [5, 5.41) is 2.56. The van der Waals surface area contributed by atoms with E-state index in [0.717, 1.165) is 17.7 Å². The largest absolute Gasteiger partial charge is 0.497 e. The van der Waals surface area contributed by atoms with Crippen molar-refractivity contribution in [3.8, 4) is 17.2 Å². The topological polar surface area (TPSA) is 76.7 Å². The molecule has 178 valence electrons. The second-order valence-corrected chi connectivity index (χ2v) is 9.15. The summed E-state index contributed by atoms with van der Waals surface area (Å²) in [5.74, 6) is 2.48. The van der Waals surface area contributed by atoms with Crippen LogP contribution in [0.4, 0.5) is 0 Å². The van der Waals surface area contributed by atoms with Gasteiger partial charge in [0.2, 0.25) is 0 Å². The summed E-state index contributed by atoms with van der Waals surface area (Å²) in [6.45, 7) is 3.42. The van der Waals surface area contributed by atoms with Crippen LogP contribution in [-0.4, -0.2) is 42.2 Å². The lowest BCUT2D eigenvalue weighted by atomic mass is 10.1. The van der Waals surface area contributed by atoms with E-state index in [0.29, 0.717) is 41.3 Å². The lowest BCUT2D eigenvalue weighted by Crippen LogP contribution is -2.34. The summed E-state index contributed by atoms with van der Waals surface area (Å²) in [7, 11) is 4.78. The van der Waals surface area contributed by atoms with E-state index < -0.39 is 0 Å². The van der Waals surface area contributed by atoms with Gasteiger partial charge in [0.25, 0.3) is 5.56 Å². The lowest BCUT2D eigenvalue weighted by molar-refractivity contribution is 0.185. The van der Waals surface area contributed by atoms with Crippen LogP contribution >= 0.6 is 11.3 Å². The predicted octanol–water partition coefficient (Wildman–Crippen LogP) is 4.64. The van der Waals surface area contributed by atoms with Crippen LogP contribution in [0.5, 0.6) is 17.2 Å². The first-order chi connectivity index (χ1) is 16.5. The Morgan fingerprint density at radius 1 is 1.00 bits per heavy atom. The minimum absolute atomic E-state index is 0.198. The predicted molar refractivity (Wildman–Crippen MR) is 135 cm³/mol. The molecule has 0 bridgehead atoms. The molecule has 4 aromatic rings. The molecule has 2 aromatic carbocycles. The number of benzene rings is 2. The molecule has 0 aliphatic heterocycles. The molecule has 0 saturated carbocycles. The fraction of sp³-hybridized carbons (Fsp3) is 0.308. The van der Waals surface area contributed by atoms with Crippen molar-refractivity contribution >= 4 is 22.2 Å². The van der Waals surface area contributed by atoms with Crippen LogP contribution < -0.4 is 19.8 Å². The molecule has 1 unspecified atom stereocenters. The molecule has 2 heterocycles. The molecule has 0 fully saturated rings. The Kier molecular flexibility index (Phi) is 7.49. The van der Waals surface area contributed by atoms with Crippen LogP contribution in [0.3, 0.4) is 0 Å². The van der Waals surface area contributed by atoms with E-state index in [4.69, 9.17) is 19.2 Å². The number of rotatable bonds is 10. The van der Waals surface area contributed by atoms with Crippen LogP contribution in [0.15, 0.2) is 58.7 Å². The summed E-state index contributed by atoms with van der Waals surface area (Å²) in [6, 6.07) is 15.9. The first kappa shape index (κ1) is 23.8. The van der Waals surface area contributed by atoms with Gasteiger partial charge in [-0.1, -0.05) is 18.2 Å². The molecule has 1 N–H and O–H groups in total. The summed E-state index contributed by atoms with van der Waals surface area (Å²) < 4.78 is 16.0. The number of nitrogens with zero attached hydrogens (tertiary/aromatic N) is 2. The summed E-state index contributed by atoms with van der Waals surface area (Å²) in [4.78, 5) is 24.3. The Hall–Kier alpha value is -3.36. The first-order valence-electron chi connectivity index (χ1n) is 11.0. The molecule has 7 nitrogen and oxygen atoms in total. The number of ether oxygens (including phenoxy) is 3. The van der Waals surface area contributed by atoms with Gasteiger partial charge in [0, 0.05) is 23.5 Å². The Labute approximate surface area is 202 Å². The molecule has 0 saturated heterocycles. The lowest BCUT2D eigenvalue weighted by Gasteiger charge is -2.28. The number of fused-ring (bicyclic) bond motifs is 1. The van der Waals surface area contributed by atoms with Crippen molar-refractivity contribution in [2.75, 3.05) is 21.3 Å².